The predicted octanol–water partition coefficient (Wildman–Crippen LogP) is 4.11. The smallest absolute Gasteiger partial charge is 0.123 e. The van der Waals surface area contributed by atoms with Crippen molar-refractivity contribution in [2.75, 3.05) is 5.33 Å². The van der Waals surface area contributed by atoms with Gasteiger partial charge in [-0.3, -0.25) is 0 Å². The topological polar surface area (TPSA) is 0 Å². The Morgan fingerprint density at radius 1 is 1.33 bits per heavy atom. The largest absolute Gasteiger partial charge is 0.207 e. The van der Waals surface area contributed by atoms with Crippen LogP contribution in [-0.4, -0.2) is 5.33 Å². The van der Waals surface area contributed by atoms with Crippen LogP contribution in [0.2, 0.25) is 0 Å². The summed E-state index contributed by atoms with van der Waals surface area (Å²) in [5.41, 5.74) is 2.94. The van der Waals surface area contributed by atoms with E-state index in [1.807, 2.05) is 6.07 Å². The molecule has 1 aromatic carbocycles. The van der Waals surface area contributed by atoms with Crippen molar-refractivity contribution in [1.82, 2.24) is 0 Å². The maximum absolute atomic E-state index is 13.1. The van der Waals surface area contributed by atoms with Crippen molar-refractivity contribution in [3.8, 4) is 0 Å². The second-order valence-corrected chi connectivity index (χ2v) is 5.35. The van der Waals surface area contributed by atoms with Crippen molar-refractivity contribution < 1.29 is 4.39 Å². The fraction of sp³-hybridized carbons (Fsp3) is 0.538. The third-order valence-corrected chi connectivity index (χ3v) is 4.07. The molecule has 1 aliphatic carbocycles. The molecule has 0 fully saturated rings. The standard InChI is InChI=1S/C13H16BrF/c1-2-13(5-6-14)8-10-3-4-12(15)7-11(10)9-13/h3-4,7H,2,5-6,8-9H2,1H3. The number of hydrogen-bond acceptors (Lipinski definition) is 0. The summed E-state index contributed by atoms with van der Waals surface area (Å²) >= 11 is 3.52. The second kappa shape index (κ2) is 4.25. The SMILES string of the molecule is CCC1(CCBr)Cc2ccc(F)cc2C1. The van der Waals surface area contributed by atoms with E-state index in [9.17, 15) is 4.39 Å². The minimum absolute atomic E-state index is 0.0977. The normalized spacial score (nSPS) is 24.2. The summed E-state index contributed by atoms with van der Waals surface area (Å²) in [5.74, 6) is -0.0977. The molecule has 0 saturated carbocycles. The van der Waals surface area contributed by atoms with E-state index >= 15 is 0 Å². The Morgan fingerprint density at radius 2 is 2.07 bits per heavy atom. The molecule has 15 heavy (non-hydrogen) atoms. The van der Waals surface area contributed by atoms with Crippen molar-refractivity contribution >= 4 is 15.9 Å². The molecule has 0 spiro atoms. The lowest BCUT2D eigenvalue weighted by atomic mass is 9.80. The van der Waals surface area contributed by atoms with E-state index in [0.717, 1.165) is 18.2 Å². The van der Waals surface area contributed by atoms with E-state index in [1.54, 1.807) is 12.1 Å². The summed E-state index contributed by atoms with van der Waals surface area (Å²) in [6.45, 7) is 2.24. The second-order valence-electron chi connectivity index (χ2n) is 4.56. The van der Waals surface area contributed by atoms with Gasteiger partial charge < -0.3 is 0 Å². The molecule has 0 N–H and O–H groups in total. The maximum Gasteiger partial charge on any atom is 0.123 e. The molecular weight excluding hydrogens is 255 g/mol. The van der Waals surface area contributed by atoms with Gasteiger partial charge in [0.15, 0.2) is 0 Å². The van der Waals surface area contributed by atoms with Crippen molar-refractivity contribution in [2.24, 2.45) is 5.41 Å². The van der Waals surface area contributed by atoms with Crippen LogP contribution in [-0.2, 0) is 12.8 Å². The van der Waals surface area contributed by atoms with Crippen molar-refractivity contribution in [2.45, 2.75) is 32.6 Å². The van der Waals surface area contributed by atoms with Gasteiger partial charge in [0.25, 0.3) is 0 Å². The third kappa shape index (κ3) is 2.10. The van der Waals surface area contributed by atoms with Crippen LogP contribution in [0.15, 0.2) is 18.2 Å². The molecule has 0 aliphatic heterocycles. The summed E-state index contributed by atoms with van der Waals surface area (Å²) in [5, 5.41) is 1.04. The Kier molecular flexibility index (Phi) is 3.15. The van der Waals surface area contributed by atoms with Crippen LogP contribution >= 0.6 is 15.9 Å². The lowest BCUT2D eigenvalue weighted by Gasteiger charge is -2.26. The van der Waals surface area contributed by atoms with Crippen LogP contribution in [0.3, 0.4) is 0 Å². The first-order valence-electron chi connectivity index (χ1n) is 5.52. The Bertz CT molecular complexity index is 362. The van der Waals surface area contributed by atoms with E-state index in [-0.39, 0.29) is 5.82 Å². The van der Waals surface area contributed by atoms with Crippen LogP contribution in [0, 0.1) is 11.2 Å². The minimum Gasteiger partial charge on any atom is -0.207 e. The molecule has 0 radical (unpaired) electrons. The van der Waals surface area contributed by atoms with E-state index in [4.69, 9.17) is 0 Å². The molecular formula is C13H16BrF. The van der Waals surface area contributed by atoms with Gasteiger partial charge in [-0.1, -0.05) is 28.9 Å². The molecule has 2 rings (SSSR count). The van der Waals surface area contributed by atoms with Gasteiger partial charge in [-0.15, -0.1) is 0 Å². The quantitative estimate of drug-likeness (QED) is 0.726. The first kappa shape index (κ1) is 11.1. The zero-order valence-electron chi connectivity index (χ0n) is 9.02. The van der Waals surface area contributed by atoms with Crippen molar-refractivity contribution in [3.05, 3.63) is 35.1 Å². The van der Waals surface area contributed by atoms with Gasteiger partial charge in [-0.2, -0.15) is 0 Å². The highest BCUT2D eigenvalue weighted by molar-refractivity contribution is 9.09. The molecule has 0 nitrogen and oxygen atoms in total. The molecule has 1 unspecified atom stereocenters. The number of fused-ring (bicyclic) bond motifs is 1. The van der Waals surface area contributed by atoms with Crippen molar-refractivity contribution in [3.63, 3.8) is 0 Å². The van der Waals surface area contributed by atoms with E-state index in [2.05, 4.69) is 22.9 Å². The number of alkyl halides is 1. The average molecular weight is 271 g/mol. The van der Waals surface area contributed by atoms with E-state index in [1.165, 1.54) is 24.0 Å². The average Bonchev–Trinajstić information content (AvgIpc) is 2.56. The molecule has 0 heterocycles. The van der Waals surface area contributed by atoms with Gasteiger partial charge in [-0.25, -0.2) is 4.39 Å². The monoisotopic (exact) mass is 270 g/mol. The predicted molar refractivity (Wildman–Crippen MR) is 64.9 cm³/mol. The summed E-state index contributed by atoms with van der Waals surface area (Å²) in [6.07, 6.45) is 4.52. The molecule has 1 aliphatic rings. The van der Waals surface area contributed by atoms with Gasteiger partial charge in [0.1, 0.15) is 5.82 Å². The first-order valence-corrected chi connectivity index (χ1v) is 6.64. The summed E-state index contributed by atoms with van der Waals surface area (Å²) < 4.78 is 13.1. The molecule has 82 valence electrons. The highest BCUT2D eigenvalue weighted by Crippen LogP contribution is 2.42. The van der Waals surface area contributed by atoms with Gasteiger partial charge in [0.2, 0.25) is 0 Å². The Morgan fingerprint density at radius 3 is 2.73 bits per heavy atom. The molecule has 0 aromatic heterocycles. The lowest BCUT2D eigenvalue weighted by Crippen LogP contribution is -2.20. The fourth-order valence-corrected chi connectivity index (χ4v) is 3.45. The van der Waals surface area contributed by atoms with E-state index < -0.39 is 0 Å². The van der Waals surface area contributed by atoms with Crippen LogP contribution in [0.5, 0.6) is 0 Å². The fourth-order valence-electron chi connectivity index (χ4n) is 2.61. The van der Waals surface area contributed by atoms with Gasteiger partial charge in [0.05, 0.1) is 0 Å². The summed E-state index contributed by atoms with van der Waals surface area (Å²) in [4.78, 5) is 0. The molecule has 1 atom stereocenters. The first-order chi connectivity index (χ1) is 7.19. The summed E-state index contributed by atoms with van der Waals surface area (Å²) in [7, 11) is 0. The van der Waals surface area contributed by atoms with Crippen LogP contribution in [0.25, 0.3) is 0 Å². The Labute approximate surface area is 99.0 Å². The molecule has 0 amide bonds. The van der Waals surface area contributed by atoms with E-state index in [0.29, 0.717) is 5.41 Å². The Balaban J connectivity index is 2.26. The highest BCUT2D eigenvalue weighted by Gasteiger charge is 2.34. The highest BCUT2D eigenvalue weighted by atomic mass is 79.9. The van der Waals surface area contributed by atoms with Crippen molar-refractivity contribution in [1.29, 1.82) is 0 Å². The maximum atomic E-state index is 13.1. The zero-order valence-corrected chi connectivity index (χ0v) is 10.6. The van der Waals surface area contributed by atoms with Crippen LogP contribution in [0.1, 0.15) is 30.9 Å². The molecule has 0 bridgehead atoms. The van der Waals surface area contributed by atoms with Gasteiger partial charge in [0, 0.05) is 5.33 Å². The molecule has 2 heteroatoms. The van der Waals surface area contributed by atoms with Crippen LogP contribution in [0.4, 0.5) is 4.39 Å². The molecule has 0 saturated heterocycles. The number of rotatable bonds is 3. The lowest BCUT2D eigenvalue weighted by molar-refractivity contribution is 0.284. The van der Waals surface area contributed by atoms with Gasteiger partial charge >= 0.3 is 0 Å². The minimum atomic E-state index is -0.0977. The number of benzene rings is 1. The van der Waals surface area contributed by atoms with Crippen LogP contribution < -0.4 is 0 Å². The molecule has 1 aromatic rings. The number of halogens is 2. The Hall–Kier alpha value is -0.370. The third-order valence-electron chi connectivity index (χ3n) is 3.67. The summed E-state index contributed by atoms with van der Waals surface area (Å²) in [6, 6.07) is 5.25. The number of hydrogen-bond donors (Lipinski definition) is 0. The zero-order chi connectivity index (χ0) is 10.9. The van der Waals surface area contributed by atoms with Gasteiger partial charge in [-0.05, 0) is 54.4 Å².